The number of sulfonamides is 1. The summed E-state index contributed by atoms with van der Waals surface area (Å²) in [7, 11) is -3.63. The van der Waals surface area contributed by atoms with Gasteiger partial charge in [-0.1, -0.05) is 12.1 Å². The van der Waals surface area contributed by atoms with Gasteiger partial charge in [0.15, 0.2) is 17.9 Å². The lowest BCUT2D eigenvalue weighted by Gasteiger charge is -2.37. The fraction of sp³-hybridized carbons (Fsp3) is 0.650. The van der Waals surface area contributed by atoms with Crippen LogP contribution in [0.5, 0.6) is 5.75 Å². The monoisotopic (exact) mass is 454 g/mol. The summed E-state index contributed by atoms with van der Waals surface area (Å²) in [5, 5.41) is 0. The first kappa shape index (κ1) is 21.1. The zero-order valence-corrected chi connectivity index (χ0v) is 18.5. The molecule has 11 heteroatoms. The number of fused-ring (bicyclic) bond motifs is 4. The molecule has 4 aliphatic rings. The van der Waals surface area contributed by atoms with E-state index < -0.39 is 46.2 Å². The minimum atomic E-state index is -3.63. The number of nitrogens with two attached hydrogens (primary N) is 1. The second-order valence-electron chi connectivity index (χ2n) is 9.01. The third-order valence-corrected chi connectivity index (χ3v) is 6.75. The molecule has 170 valence electrons. The van der Waals surface area contributed by atoms with E-state index in [9.17, 15) is 8.42 Å². The number of ether oxygens (including phenoxy) is 6. The largest absolute Gasteiger partial charge is 0.490 e. The molecule has 31 heavy (non-hydrogen) atoms. The van der Waals surface area contributed by atoms with Gasteiger partial charge in [0.25, 0.3) is 10.0 Å². The molecular weight excluding hydrogens is 428 g/mol. The van der Waals surface area contributed by atoms with Crippen LogP contribution in [-0.2, 0) is 39.5 Å². The molecule has 0 radical (unpaired) electrons. The average molecular weight is 455 g/mol. The Morgan fingerprint density at radius 1 is 1.06 bits per heavy atom. The van der Waals surface area contributed by atoms with Crippen molar-refractivity contribution in [2.24, 2.45) is 10.1 Å². The number of amidine groups is 1. The number of hydrogen-bond donors (Lipinski definition) is 1. The van der Waals surface area contributed by atoms with Gasteiger partial charge in [0, 0.05) is 0 Å². The van der Waals surface area contributed by atoms with Gasteiger partial charge in [-0.05, 0) is 39.3 Å². The summed E-state index contributed by atoms with van der Waals surface area (Å²) in [6.45, 7) is 7.43. The molecule has 0 aromatic heterocycles. The molecule has 10 nitrogen and oxygen atoms in total. The summed E-state index contributed by atoms with van der Waals surface area (Å²) < 4.78 is 63.7. The number of nitrogens with zero attached hydrogens (tertiary/aromatic N) is 1. The first-order valence-corrected chi connectivity index (χ1v) is 11.7. The van der Waals surface area contributed by atoms with Crippen LogP contribution in [0.1, 0.15) is 38.8 Å². The smallest absolute Gasteiger partial charge is 0.259 e. The van der Waals surface area contributed by atoms with Gasteiger partial charge in [-0.25, -0.2) is 8.42 Å². The van der Waals surface area contributed by atoms with Gasteiger partial charge in [-0.3, -0.25) is 0 Å². The Hall–Kier alpha value is -1.76. The molecule has 0 amide bonds. The summed E-state index contributed by atoms with van der Waals surface area (Å²) >= 11 is 0. The van der Waals surface area contributed by atoms with Gasteiger partial charge in [0.2, 0.25) is 0 Å². The van der Waals surface area contributed by atoms with E-state index in [0.717, 1.165) is 0 Å². The Morgan fingerprint density at radius 3 is 2.52 bits per heavy atom. The van der Waals surface area contributed by atoms with Crippen LogP contribution in [0.15, 0.2) is 22.6 Å². The van der Waals surface area contributed by atoms with E-state index in [2.05, 4.69) is 4.40 Å². The zero-order valence-electron chi connectivity index (χ0n) is 17.7. The van der Waals surface area contributed by atoms with E-state index in [0.29, 0.717) is 16.9 Å². The molecule has 4 heterocycles. The number of benzene rings is 1. The molecule has 2 N–H and O–H groups in total. The Morgan fingerprint density at radius 2 is 1.74 bits per heavy atom. The molecular formula is C20H26N2O8S. The van der Waals surface area contributed by atoms with Crippen molar-refractivity contribution in [2.75, 3.05) is 6.61 Å². The van der Waals surface area contributed by atoms with Crippen LogP contribution in [0.3, 0.4) is 0 Å². The van der Waals surface area contributed by atoms with Gasteiger partial charge in [0.05, 0.1) is 11.3 Å². The van der Waals surface area contributed by atoms with Crippen molar-refractivity contribution in [3.63, 3.8) is 0 Å². The standard InChI is InChI=1S/C20H26N2O8S/c1-19(2)27-14-12(26-18-16(15(14)28-19)29-20(3,4)30-18)8-25-11-7-5-6-10-9-31(23,24)22-17(21)13(10)11/h5-7,12,14-16,18H,8-9H2,1-4H3,(H2,21,22)/t12?,14-,15-,16?,18+/m0/s1. The van der Waals surface area contributed by atoms with E-state index in [-0.39, 0.29) is 24.3 Å². The summed E-state index contributed by atoms with van der Waals surface area (Å²) in [5.74, 6) is -1.49. The summed E-state index contributed by atoms with van der Waals surface area (Å²) in [5.41, 5.74) is 6.96. The molecule has 1 aromatic carbocycles. The predicted octanol–water partition coefficient (Wildman–Crippen LogP) is 1.01. The SMILES string of the molecule is CC1(C)OC2[C@H](OC(COc3cccc4c3C(N)=NS(=O)(=O)C4)[C@@H]3OC(C)(C)O[C@H]23)O1. The molecule has 5 atom stereocenters. The predicted molar refractivity (Wildman–Crippen MR) is 108 cm³/mol. The second kappa shape index (κ2) is 6.87. The van der Waals surface area contributed by atoms with E-state index in [1.165, 1.54) is 0 Å². The van der Waals surface area contributed by atoms with Crippen molar-refractivity contribution in [3.8, 4) is 5.75 Å². The Labute approximate surface area is 180 Å². The van der Waals surface area contributed by atoms with Gasteiger partial charge in [-0.2, -0.15) is 0 Å². The molecule has 3 fully saturated rings. The first-order valence-electron chi connectivity index (χ1n) is 10.1. The first-order chi connectivity index (χ1) is 14.4. The van der Waals surface area contributed by atoms with Crippen LogP contribution in [0.2, 0.25) is 0 Å². The summed E-state index contributed by atoms with van der Waals surface area (Å²) in [6, 6.07) is 5.13. The molecule has 4 aliphatic heterocycles. The highest BCUT2D eigenvalue weighted by Gasteiger charge is 2.60. The third-order valence-electron chi connectivity index (χ3n) is 5.60. The van der Waals surface area contributed by atoms with Crippen molar-refractivity contribution in [1.82, 2.24) is 0 Å². The Balaban J connectivity index is 1.39. The van der Waals surface area contributed by atoms with Crippen LogP contribution in [0.4, 0.5) is 0 Å². The van der Waals surface area contributed by atoms with E-state index in [1.54, 1.807) is 18.2 Å². The third kappa shape index (κ3) is 3.83. The van der Waals surface area contributed by atoms with Crippen LogP contribution in [-0.4, -0.2) is 63.1 Å². The van der Waals surface area contributed by atoms with Crippen LogP contribution in [0.25, 0.3) is 0 Å². The molecule has 0 spiro atoms. The van der Waals surface area contributed by atoms with Crippen LogP contribution >= 0.6 is 0 Å². The molecule has 3 saturated heterocycles. The molecule has 0 aliphatic carbocycles. The lowest BCUT2D eigenvalue weighted by Crippen LogP contribution is -2.56. The minimum absolute atomic E-state index is 0.0878. The van der Waals surface area contributed by atoms with Gasteiger partial charge < -0.3 is 34.2 Å². The van der Waals surface area contributed by atoms with Crippen LogP contribution < -0.4 is 10.5 Å². The topological polar surface area (TPSA) is 128 Å². The average Bonchev–Trinajstić information content (AvgIpc) is 3.12. The quantitative estimate of drug-likeness (QED) is 0.711. The summed E-state index contributed by atoms with van der Waals surface area (Å²) in [4.78, 5) is 0. The fourth-order valence-electron chi connectivity index (χ4n) is 4.53. The maximum atomic E-state index is 11.9. The van der Waals surface area contributed by atoms with Gasteiger partial charge in [0.1, 0.15) is 42.6 Å². The van der Waals surface area contributed by atoms with E-state index >= 15 is 0 Å². The lowest BCUT2D eigenvalue weighted by molar-refractivity contribution is -0.238. The van der Waals surface area contributed by atoms with Crippen molar-refractivity contribution < 1.29 is 36.8 Å². The normalized spacial score (nSPS) is 36.8. The number of hydrogen-bond acceptors (Lipinski definition) is 9. The zero-order chi connectivity index (χ0) is 22.2. The molecule has 0 saturated carbocycles. The molecule has 5 rings (SSSR count). The second-order valence-corrected chi connectivity index (χ2v) is 10.6. The summed E-state index contributed by atoms with van der Waals surface area (Å²) in [6.07, 6.45) is -2.36. The van der Waals surface area contributed by atoms with Crippen molar-refractivity contribution in [1.29, 1.82) is 0 Å². The highest BCUT2D eigenvalue weighted by molar-refractivity contribution is 7.89. The lowest BCUT2D eigenvalue weighted by atomic mass is 9.99. The minimum Gasteiger partial charge on any atom is -0.490 e. The Bertz CT molecular complexity index is 1040. The highest BCUT2D eigenvalue weighted by atomic mass is 32.2. The van der Waals surface area contributed by atoms with E-state index in [4.69, 9.17) is 34.2 Å². The fourth-order valence-corrected chi connectivity index (χ4v) is 5.62. The molecule has 0 bridgehead atoms. The molecule has 2 unspecified atom stereocenters. The van der Waals surface area contributed by atoms with Gasteiger partial charge >= 0.3 is 0 Å². The van der Waals surface area contributed by atoms with Gasteiger partial charge in [-0.15, -0.1) is 4.40 Å². The maximum absolute atomic E-state index is 11.9. The van der Waals surface area contributed by atoms with Crippen molar-refractivity contribution >= 4 is 15.9 Å². The molecule has 1 aromatic rings. The van der Waals surface area contributed by atoms with Crippen LogP contribution in [0, 0.1) is 0 Å². The Kier molecular flexibility index (Phi) is 4.68. The van der Waals surface area contributed by atoms with Crippen molar-refractivity contribution in [2.45, 2.75) is 75.7 Å². The van der Waals surface area contributed by atoms with Crippen molar-refractivity contribution in [3.05, 3.63) is 29.3 Å². The highest BCUT2D eigenvalue weighted by Crippen LogP contribution is 2.44. The maximum Gasteiger partial charge on any atom is 0.259 e. The number of rotatable bonds is 3. The van der Waals surface area contributed by atoms with E-state index in [1.807, 2.05) is 27.7 Å².